The van der Waals surface area contributed by atoms with Crippen molar-refractivity contribution in [3.63, 3.8) is 0 Å². The molecule has 0 bridgehead atoms. The van der Waals surface area contributed by atoms with Crippen molar-refractivity contribution in [2.75, 3.05) is 0 Å². The molecule has 0 unspecified atom stereocenters. The van der Waals surface area contributed by atoms with Crippen molar-refractivity contribution >= 4 is 27.0 Å². The Morgan fingerprint density at radius 3 is 2.56 bits per heavy atom. The highest BCUT2D eigenvalue weighted by atomic mass is 32.2. The van der Waals surface area contributed by atoms with Gasteiger partial charge in [0.1, 0.15) is 6.04 Å². The van der Waals surface area contributed by atoms with E-state index in [0.717, 1.165) is 25.7 Å². The third-order valence-electron chi connectivity index (χ3n) is 5.01. The third kappa shape index (κ3) is 4.08. The molecule has 2 aromatic rings. The van der Waals surface area contributed by atoms with Gasteiger partial charge in [-0.1, -0.05) is 26.7 Å². The number of sulfonamides is 1. The highest BCUT2D eigenvalue weighted by Crippen LogP contribution is 2.20. The van der Waals surface area contributed by atoms with Crippen LogP contribution < -0.4 is 15.8 Å². The van der Waals surface area contributed by atoms with Gasteiger partial charge in [0.25, 0.3) is 0 Å². The molecule has 148 valence electrons. The molecule has 1 amide bonds. The van der Waals surface area contributed by atoms with E-state index >= 15 is 0 Å². The average Bonchev–Trinajstić information content (AvgIpc) is 3.20. The summed E-state index contributed by atoms with van der Waals surface area (Å²) in [5.74, 6) is -1.10. The molecule has 0 spiro atoms. The molecular formula is C18H25N3O5S. The molecule has 0 aliphatic heterocycles. The minimum absolute atomic E-state index is 0.0522. The van der Waals surface area contributed by atoms with Gasteiger partial charge in [0.2, 0.25) is 15.9 Å². The van der Waals surface area contributed by atoms with Crippen LogP contribution in [0.25, 0.3) is 11.1 Å². The fourth-order valence-corrected chi connectivity index (χ4v) is 4.73. The highest BCUT2D eigenvalue weighted by molar-refractivity contribution is 7.89. The molecule has 8 nitrogen and oxygen atoms in total. The van der Waals surface area contributed by atoms with Crippen LogP contribution in [-0.2, 0) is 21.9 Å². The Morgan fingerprint density at radius 2 is 1.93 bits per heavy atom. The Kier molecular flexibility index (Phi) is 5.43. The van der Waals surface area contributed by atoms with Crippen molar-refractivity contribution in [1.29, 1.82) is 0 Å². The van der Waals surface area contributed by atoms with Crippen LogP contribution in [0.5, 0.6) is 0 Å². The first kappa shape index (κ1) is 19.6. The topological polar surface area (TPSA) is 110 Å². The molecule has 1 heterocycles. The maximum Gasteiger partial charge on any atom is 0.419 e. The minimum atomic E-state index is -3.96. The predicted octanol–water partition coefficient (Wildman–Crippen LogP) is 1.49. The summed E-state index contributed by atoms with van der Waals surface area (Å²) in [6.07, 6.45) is 4.00. The lowest BCUT2D eigenvalue weighted by atomic mass is 10.0. The first-order valence-corrected chi connectivity index (χ1v) is 10.6. The second-order valence-corrected chi connectivity index (χ2v) is 9.10. The molecule has 1 saturated carbocycles. The van der Waals surface area contributed by atoms with Crippen LogP contribution in [0, 0.1) is 5.92 Å². The molecule has 0 radical (unpaired) electrons. The highest BCUT2D eigenvalue weighted by Gasteiger charge is 2.30. The third-order valence-corrected chi connectivity index (χ3v) is 6.45. The van der Waals surface area contributed by atoms with Crippen molar-refractivity contribution < 1.29 is 17.6 Å². The number of aryl methyl sites for hydroxylation is 1. The van der Waals surface area contributed by atoms with Crippen molar-refractivity contribution in [3.05, 3.63) is 28.7 Å². The number of oxazole rings is 1. The molecule has 0 saturated heterocycles. The fourth-order valence-electron chi connectivity index (χ4n) is 3.37. The standard InChI is InChI=1S/C18H25N3O5S/c1-11(2)16(17(22)19-12-6-4-5-7-12)20-27(24,25)13-8-9-14-15(10-13)26-18(23)21(14)3/h8-12,16,20H,4-7H2,1-3H3,(H,19,22)/t16-/m1/s1. The van der Waals surface area contributed by atoms with Gasteiger partial charge in [-0.2, -0.15) is 4.72 Å². The van der Waals surface area contributed by atoms with Crippen LogP contribution in [-0.4, -0.2) is 31.0 Å². The summed E-state index contributed by atoms with van der Waals surface area (Å²) in [6.45, 7) is 3.59. The minimum Gasteiger partial charge on any atom is -0.408 e. The Morgan fingerprint density at radius 1 is 1.26 bits per heavy atom. The Balaban J connectivity index is 1.83. The summed E-state index contributed by atoms with van der Waals surface area (Å²) < 4.78 is 34.5. The van der Waals surface area contributed by atoms with Gasteiger partial charge in [0.15, 0.2) is 5.58 Å². The van der Waals surface area contributed by atoms with E-state index in [4.69, 9.17) is 4.42 Å². The van der Waals surface area contributed by atoms with E-state index < -0.39 is 21.8 Å². The summed E-state index contributed by atoms with van der Waals surface area (Å²) in [6, 6.07) is 3.43. The van der Waals surface area contributed by atoms with Gasteiger partial charge in [0.05, 0.1) is 10.4 Å². The first-order chi connectivity index (χ1) is 12.7. The number of nitrogens with zero attached hydrogens (tertiary/aromatic N) is 1. The molecule has 1 aromatic heterocycles. The zero-order valence-electron chi connectivity index (χ0n) is 15.7. The van der Waals surface area contributed by atoms with E-state index in [9.17, 15) is 18.0 Å². The van der Waals surface area contributed by atoms with Crippen LogP contribution in [0.2, 0.25) is 0 Å². The summed E-state index contributed by atoms with van der Waals surface area (Å²) in [4.78, 5) is 24.2. The van der Waals surface area contributed by atoms with Crippen LogP contribution in [0.15, 0.2) is 32.3 Å². The van der Waals surface area contributed by atoms with Gasteiger partial charge in [-0.15, -0.1) is 0 Å². The molecule has 1 atom stereocenters. The van der Waals surface area contributed by atoms with E-state index in [1.807, 2.05) is 0 Å². The summed E-state index contributed by atoms with van der Waals surface area (Å²) in [5, 5.41) is 2.95. The molecule has 1 aliphatic rings. The van der Waals surface area contributed by atoms with Gasteiger partial charge in [-0.25, -0.2) is 13.2 Å². The van der Waals surface area contributed by atoms with E-state index in [1.165, 1.54) is 22.8 Å². The lowest BCUT2D eigenvalue weighted by molar-refractivity contribution is -0.124. The van der Waals surface area contributed by atoms with Gasteiger partial charge >= 0.3 is 5.76 Å². The maximum absolute atomic E-state index is 12.8. The lowest BCUT2D eigenvalue weighted by Gasteiger charge is -2.23. The summed E-state index contributed by atoms with van der Waals surface area (Å²) >= 11 is 0. The van der Waals surface area contributed by atoms with Gasteiger partial charge in [-0.3, -0.25) is 9.36 Å². The molecule has 1 aromatic carbocycles. The van der Waals surface area contributed by atoms with E-state index in [0.29, 0.717) is 5.52 Å². The largest absolute Gasteiger partial charge is 0.419 e. The van der Waals surface area contributed by atoms with Crippen molar-refractivity contribution in [2.45, 2.75) is 56.5 Å². The number of rotatable bonds is 6. The molecular weight excluding hydrogens is 370 g/mol. The number of carbonyl (C=O) groups is 1. The van der Waals surface area contributed by atoms with Crippen molar-refractivity contribution in [1.82, 2.24) is 14.6 Å². The predicted molar refractivity (Wildman–Crippen MR) is 101 cm³/mol. The maximum atomic E-state index is 12.8. The number of carbonyl (C=O) groups excluding carboxylic acids is 1. The van der Waals surface area contributed by atoms with E-state index in [1.54, 1.807) is 20.9 Å². The quantitative estimate of drug-likeness (QED) is 0.770. The number of hydrogen-bond acceptors (Lipinski definition) is 5. The van der Waals surface area contributed by atoms with E-state index in [-0.39, 0.29) is 28.3 Å². The monoisotopic (exact) mass is 395 g/mol. The Hall–Kier alpha value is -2.13. The number of hydrogen-bond donors (Lipinski definition) is 2. The second kappa shape index (κ2) is 7.47. The van der Waals surface area contributed by atoms with Gasteiger partial charge < -0.3 is 9.73 Å². The van der Waals surface area contributed by atoms with Crippen LogP contribution in [0.3, 0.4) is 0 Å². The average molecular weight is 395 g/mol. The Bertz CT molecular complexity index is 1000. The smallest absolute Gasteiger partial charge is 0.408 e. The number of benzene rings is 1. The van der Waals surface area contributed by atoms with Crippen LogP contribution in [0.1, 0.15) is 39.5 Å². The first-order valence-electron chi connectivity index (χ1n) is 9.11. The summed E-state index contributed by atoms with van der Waals surface area (Å²) in [5.41, 5.74) is 0.681. The fraction of sp³-hybridized carbons (Fsp3) is 0.556. The number of aromatic nitrogens is 1. The SMILES string of the molecule is CC(C)[C@@H](NS(=O)(=O)c1ccc2c(c1)oc(=O)n2C)C(=O)NC1CCCC1. The zero-order chi connectivity index (χ0) is 19.8. The summed E-state index contributed by atoms with van der Waals surface area (Å²) in [7, 11) is -2.42. The van der Waals surface area contributed by atoms with Crippen LogP contribution in [0.4, 0.5) is 0 Å². The number of amides is 1. The molecule has 27 heavy (non-hydrogen) atoms. The van der Waals surface area contributed by atoms with E-state index in [2.05, 4.69) is 10.0 Å². The van der Waals surface area contributed by atoms with Gasteiger partial charge in [-0.05, 0) is 30.9 Å². The van der Waals surface area contributed by atoms with Crippen molar-refractivity contribution in [2.24, 2.45) is 13.0 Å². The molecule has 2 N–H and O–H groups in total. The normalized spacial score (nSPS) is 16.9. The molecule has 3 rings (SSSR count). The van der Waals surface area contributed by atoms with Gasteiger partial charge in [0, 0.05) is 19.2 Å². The molecule has 1 aliphatic carbocycles. The zero-order valence-corrected chi connectivity index (χ0v) is 16.5. The molecule has 1 fully saturated rings. The van der Waals surface area contributed by atoms with Crippen molar-refractivity contribution in [3.8, 4) is 0 Å². The number of fused-ring (bicyclic) bond motifs is 1. The number of nitrogens with one attached hydrogen (secondary N) is 2. The molecule has 9 heteroatoms. The second-order valence-electron chi connectivity index (χ2n) is 7.39. The Labute approximate surface area is 158 Å². The van der Waals surface area contributed by atoms with Crippen LogP contribution >= 0.6 is 0 Å². The lowest BCUT2D eigenvalue weighted by Crippen LogP contribution is -2.51.